The first-order valence-corrected chi connectivity index (χ1v) is 7.39. The number of para-hydroxylation sites is 1. The lowest BCUT2D eigenvalue weighted by Gasteiger charge is -2.09. The van der Waals surface area contributed by atoms with E-state index in [2.05, 4.69) is 29.5 Å². The van der Waals surface area contributed by atoms with Crippen LogP contribution in [0.1, 0.15) is 39.0 Å². The maximum Gasteiger partial charge on any atom is 0.119 e. The van der Waals surface area contributed by atoms with Crippen LogP contribution in [0.25, 0.3) is 0 Å². The quantitative estimate of drug-likeness (QED) is 0.376. The van der Waals surface area contributed by atoms with Crippen LogP contribution in [0.15, 0.2) is 30.3 Å². The number of ether oxygens (including phenoxy) is 1. The fraction of sp³-hybridized carbons (Fsp3) is 0.571. The third-order valence-electron chi connectivity index (χ3n) is 2.54. The highest BCUT2D eigenvalue weighted by molar-refractivity contribution is 14.1. The molecule has 0 aliphatic carbocycles. The highest BCUT2D eigenvalue weighted by atomic mass is 127. The normalized spacial score (nSPS) is 12.4. The van der Waals surface area contributed by atoms with Crippen molar-refractivity contribution in [1.82, 2.24) is 0 Å². The highest BCUT2D eigenvalue weighted by Gasteiger charge is 2.02. The van der Waals surface area contributed by atoms with Crippen LogP contribution in [0.3, 0.4) is 0 Å². The van der Waals surface area contributed by atoms with E-state index in [-0.39, 0.29) is 0 Å². The number of hydrogen-bond acceptors (Lipinski definition) is 1. The summed E-state index contributed by atoms with van der Waals surface area (Å²) in [4.78, 5) is 0. The maximum atomic E-state index is 5.66. The largest absolute Gasteiger partial charge is 0.494 e. The van der Waals surface area contributed by atoms with E-state index in [1.54, 1.807) is 0 Å². The first kappa shape index (κ1) is 13.8. The Balaban J connectivity index is 2.03. The summed E-state index contributed by atoms with van der Waals surface area (Å²) in [6.45, 7) is 3.09. The van der Waals surface area contributed by atoms with Crippen molar-refractivity contribution in [1.29, 1.82) is 0 Å². The number of hydrogen-bond donors (Lipinski definition) is 0. The van der Waals surface area contributed by atoms with E-state index >= 15 is 0 Å². The van der Waals surface area contributed by atoms with Crippen molar-refractivity contribution in [3.63, 3.8) is 0 Å². The molecule has 0 fully saturated rings. The van der Waals surface area contributed by atoms with Crippen molar-refractivity contribution in [2.24, 2.45) is 0 Å². The molecule has 1 atom stereocenters. The molecule has 1 aromatic carbocycles. The average molecular weight is 332 g/mol. The van der Waals surface area contributed by atoms with Gasteiger partial charge in [0.2, 0.25) is 0 Å². The van der Waals surface area contributed by atoms with Crippen LogP contribution in [-0.4, -0.2) is 10.5 Å². The Hall–Kier alpha value is -0.250. The van der Waals surface area contributed by atoms with Crippen LogP contribution in [0, 0.1) is 0 Å². The van der Waals surface area contributed by atoms with Crippen molar-refractivity contribution in [3.05, 3.63) is 30.3 Å². The molecule has 1 unspecified atom stereocenters. The SMILES string of the molecule is CCCCC(I)CCCOc1ccccc1. The molecular formula is C14H21IO. The third kappa shape index (κ3) is 6.36. The molecular weight excluding hydrogens is 311 g/mol. The van der Waals surface area contributed by atoms with Crippen molar-refractivity contribution in [3.8, 4) is 5.75 Å². The Kier molecular flexibility index (Phi) is 7.64. The van der Waals surface area contributed by atoms with Gasteiger partial charge in [0.1, 0.15) is 5.75 Å². The Morgan fingerprint density at radius 2 is 1.81 bits per heavy atom. The molecule has 0 heterocycles. The monoisotopic (exact) mass is 332 g/mol. The zero-order valence-corrected chi connectivity index (χ0v) is 12.2. The Morgan fingerprint density at radius 1 is 1.12 bits per heavy atom. The number of rotatable bonds is 8. The first-order valence-electron chi connectivity index (χ1n) is 6.15. The van der Waals surface area contributed by atoms with Crippen molar-refractivity contribution >= 4 is 22.6 Å². The van der Waals surface area contributed by atoms with Crippen molar-refractivity contribution in [2.75, 3.05) is 6.61 Å². The summed E-state index contributed by atoms with van der Waals surface area (Å²) in [6, 6.07) is 10.1. The fourth-order valence-corrected chi connectivity index (χ4v) is 2.46. The lowest BCUT2D eigenvalue weighted by Crippen LogP contribution is -2.03. The van der Waals surface area contributed by atoms with Crippen LogP contribution >= 0.6 is 22.6 Å². The molecule has 1 rings (SSSR count). The molecule has 0 bridgehead atoms. The van der Waals surface area contributed by atoms with E-state index < -0.39 is 0 Å². The predicted molar refractivity (Wildman–Crippen MR) is 78.5 cm³/mol. The van der Waals surface area contributed by atoms with Gasteiger partial charge >= 0.3 is 0 Å². The van der Waals surface area contributed by atoms with Gasteiger partial charge in [-0.3, -0.25) is 0 Å². The maximum absolute atomic E-state index is 5.66. The van der Waals surface area contributed by atoms with E-state index in [1.165, 1.54) is 25.7 Å². The Morgan fingerprint density at radius 3 is 2.50 bits per heavy atom. The van der Waals surface area contributed by atoms with Gasteiger partial charge in [-0.1, -0.05) is 60.6 Å². The minimum atomic E-state index is 0.817. The molecule has 90 valence electrons. The van der Waals surface area contributed by atoms with Crippen molar-refractivity contribution < 1.29 is 4.74 Å². The summed E-state index contributed by atoms with van der Waals surface area (Å²) < 4.78 is 6.47. The summed E-state index contributed by atoms with van der Waals surface area (Å²) in [5.41, 5.74) is 0. The second kappa shape index (κ2) is 8.85. The van der Waals surface area contributed by atoms with Gasteiger partial charge < -0.3 is 4.74 Å². The number of benzene rings is 1. The average Bonchev–Trinajstić information content (AvgIpc) is 2.33. The Labute approximate surface area is 113 Å². The smallest absolute Gasteiger partial charge is 0.119 e. The van der Waals surface area contributed by atoms with E-state index in [9.17, 15) is 0 Å². The Bertz CT molecular complexity index is 261. The summed E-state index contributed by atoms with van der Waals surface area (Å²) in [5.74, 6) is 0.987. The van der Waals surface area contributed by atoms with Crippen LogP contribution in [0.4, 0.5) is 0 Å². The molecule has 0 aromatic heterocycles. The summed E-state index contributed by atoms with van der Waals surface area (Å²) >= 11 is 2.56. The summed E-state index contributed by atoms with van der Waals surface area (Å²) in [6.07, 6.45) is 6.44. The molecule has 0 spiro atoms. The van der Waals surface area contributed by atoms with Gasteiger partial charge in [-0.05, 0) is 31.4 Å². The molecule has 1 aromatic rings. The second-order valence-corrected chi connectivity index (χ2v) is 5.80. The second-order valence-electron chi connectivity index (χ2n) is 4.04. The van der Waals surface area contributed by atoms with E-state index in [0.717, 1.165) is 22.7 Å². The van der Waals surface area contributed by atoms with Crippen molar-refractivity contribution in [2.45, 2.75) is 43.0 Å². The molecule has 0 saturated heterocycles. The molecule has 16 heavy (non-hydrogen) atoms. The van der Waals surface area contributed by atoms with Gasteiger partial charge in [0, 0.05) is 3.92 Å². The van der Waals surface area contributed by atoms with Crippen LogP contribution in [-0.2, 0) is 0 Å². The first-order chi connectivity index (χ1) is 7.83. The predicted octanol–water partition coefficient (Wildman–Crippen LogP) is 4.84. The molecule has 0 aliphatic rings. The molecule has 0 saturated carbocycles. The van der Waals surface area contributed by atoms with E-state index in [0.29, 0.717) is 0 Å². The molecule has 0 amide bonds. The zero-order valence-electron chi connectivity index (χ0n) is 9.99. The number of halogens is 1. The highest BCUT2D eigenvalue weighted by Crippen LogP contribution is 2.16. The van der Waals surface area contributed by atoms with E-state index in [1.807, 2.05) is 30.3 Å². The lowest BCUT2D eigenvalue weighted by atomic mass is 10.1. The van der Waals surface area contributed by atoms with Gasteiger partial charge in [0.25, 0.3) is 0 Å². The van der Waals surface area contributed by atoms with Crippen LogP contribution in [0.5, 0.6) is 5.75 Å². The third-order valence-corrected chi connectivity index (χ3v) is 3.79. The van der Waals surface area contributed by atoms with Gasteiger partial charge in [-0.15, -0.1) is 0 Å². The molecule has 0 N–H and O–H groups in total. The minimum Gasteiger partial charge on any atom is -0.494 e. The summed E-state index contributed by atoms with van der Waals surface area (Å²) in [5, 5.41) is 0. The molecule has 2 heteroatoms. The van der Waals surface area contributed by atoms with Gasteiger partial charge in [-0.2, -0.15) is 0 Å². The fourth-order valence-electron chi connectivity index (χ4n) is 1.58. The lowest BCUT2D eigenvalue weighted by molar-refractivity contribution is 0.306. The van der Waals surface area contributed by atoms with Gasteiger partial charge in [0.15, 0.2) is 0 Å². The van der Waals surface area contributed by atoms with Gasteiger partial charge in [0.05, 0.1) is 6.61 Å². The minimum absolute atomic E-state index is 0.817. The standard InChI is InChI=1S/C14H21IO/c1-2-3-8-13(15)9-7-12-16-14-10-5-4-6-11-14/h4-6,10-11,13H,2-3,7-9,12H2,1H3. The zero-order chi connectivity index (χ0) is 11.6. The van der Waals surface area contributed by atoms with Crippen LogP contribution < -0.4 is 4.74 Å². The van der Waals surface area contributed by atoms with Crippen LogP contribution in [0.2, 0.25) is 0 Å². The molecule has 1 nitrogen and oxygen atoms in total. The van der Waals surface area contributed by atoms with Gasteiger partial charge in [-0.25, -0.2) is 0 Å². The summed E-state index contributed by atoms with van der Waals surface area (Å²) in [7, 11) is 0. The van der Waals surface area contributed by atoms with E-state index in [4.69, 9.17) is 4.74 Å². The molecule has 0 aliphatic heterocycles. The molecule has 0 radical (unpaired) electrons. The number of unbranched alkanes of at least 4 members (excludes halogenated alkanes) is 1. The topological polar surface area (TPSA) is 9.23 Å². The number of alkyl halides is 1.